The van der Waals surface area contributed by atoms with Gasteiger partial charge in [-0.3, -0.25) is 14.7 Å². The number of ether oxygens (including phenoxy) is 3. The molecule has 0 radical (unpaired) electrons. The Kier molecular flexibility index (Phi) is 7.19. The number of piperidine rings is 2. The molecule has 1 aromatic heterocycles. The van der Waals surface area contributed by atoms with Gasteiger partial charge in [-0.25, -0.2) is 4.98 Å². The van der Waals surface area contributed by atoms with Gasteiger partial charge in [-0.15, -0.1) is 0 Å². The second kappa shape index (κ2) is 10.3. The van der Waals surface area contributed by atoms with Gasteiger partial charge in [0.25, 0.3) is 5.56 Å². The van der Waals surface area contributed by atoms with Crippen LogP contribution in [-0.4, -0.2) is 62.4 Å². The lowest BCUT2D eigenvalue weighted by Crippen LogP contribution is -2.36. The van der Waals surface area contributed by atoms with Crippen LogP contribution in [0.15, 0.2) is 23.0 Å². The lowest BCUT2D eigenvalue weighted by atomic mass is 9.94. The Bertz CT molecular complexity index is 946. The fourth-order valence-electron chi connectivity index (χ4n) is 4.85. The van der Waals surface area contributed by atoms with Crippen LogP contribution in [-0.2, 0) is 6.54 Å². The zero-order valence-corrected chi connectivity index (χ0v) is 19.4. The molecule has 0 spiro atoms. The van der Waals surface area contributed by atoms with E-state index in [1.54, 1.807) is 27.4 Å². The van der Waals surface area contributed by atoms with E-state index in [4.69, 9.17) is 19.2 Å². The third-order valence-corrected chi connectivity index (χ3v) is 6.46. The summed E-state index contributed by atoms with van der Waals surface area (Å²) in [6, 6.07) is 5.69. The van der Waals surface area contributed by atoms with Gasteiger partial charge in [-0.05, 0) is 56.3 Å². The summed E-state index contributed by atoms with van der Waals surface area (Å²) >= 11 is 0. The molecular weight excluding hydrogens is 408 g/mol. The van der Waals surface area contributed by atoms with E-state index in [1.165, 1.54) is 6.42 Å². The number of aromatic amines is 1. The van der Waals surface area contributed by atoms with Crippen LogP contribution in [0.4, 0.5) is 5.95 Å². The van der Waals surface area contributed by atoms with Crippen LogP contribution in [0.2, 0.25) is 0 Å². The van der Waals surface area contributed by atoms with E-state index in [1.807, 2.05) is 12.1 Å². The molecule has 4 rings (SSSR count). The predicted octanol–water partition coefficient (Wildman–Crippen LogP) is 3.17. The highest BCUT2D eigenvalue weighted by molar-refractivity contribution is 5.53. The van der Waals surface area contributed by atoms with Gasteiger partial charge < -0.3 is 19.1 Å². The fourth-order valence-corrected chi connectivity index (χ4v) is 4.85. The van der Waals surface area contributed by atoms with Crippen LogP contribution in [0.5, 0.6) is 17.2 Å². The second-order valence-electron chi connectivity index (χ2n) is 8.65. The van der Waals surface area contributed by atoms with Crippen molar-refractivity contribution in [1.29, 1.82) is 0 Å². The zero-order chi connectivity index (χ0) is 22.5. The molecule has 174 valence electrons. The molecule has 8 nitrogen and oxygen atoms in total. The van der Waals surface area contributed by atoms with Crippen LogP contribution < -0.4 is 24.7 Å². The molecule has 0 aliphatic carbocycles. The van der Waals surface area contributed by atoms with Crippen LogP contribution in [0, 0.1) is 0 Å². The van der Waals surface area contributed by atoms with Crippen molar-refractivity contribution in [2.24, 2.45) is 0 Å². The summed E-state index contributed by atoms with van der Waals surface area (Å²) in [6.07, 6.45) is 5.67. The lowest BCUT2D eigenvalue weighted by molar-refractivity contribution is 0.198. The van der Waals surface area contributed by atoms with E-state index in [-0.39, 0.29) is 11.5 Å². The maximum absolute atomic E-state index is 12.4. The molecule has 0 unspecified atom stereocenters. The summed E-state index contributed by atoms with van der Waals surface area (Å²) in [7, 11) is 4.88. The Balaban J connectivity index is 1.51. The molecule has 1 atom stereocenters. The first-order valence-corrected chi connectivity index (χ1v) is 11.5. The molecule has 2 aliphatic rings. The molecule has 1 aromatic carbocycles. The van der Waals surface area contributed by atoms with Crippen molar-refractivity contribution in [1.82, 2.24) is 14.9 Å². The molecule has 2 aromatic rings. The number of anilines is 1. The van der Waals surface area contributed by atoms with Gasteiger partial charge in [0.05, 0.1) is 27.0 Å². The standard InChI is InChI=1S/C24H34N4O4/c1-30-20-12-17(13-21(31-2)23(20)32-3)15-27-9-7-8-18(16-27)19-14-22(29)26-24(25-19)28-10-5-4-6-11-28/h12-14,18H,4-11,15-16H2,1-3H3,(H,25,26,29)/t18-/m0/s1. The van der Waals surface area contributed by atoms with Crippen LogP contribution in [0.1, 0.15) is 49.3 Å². The third kappa shape index (κ3) is 5.01. The highest BCUT2D eigenvalue weighted by atomic mass is 16.5. The number of methoxy groups -OCH3 is 3. The van der Waals surface area contributed by atoms with E-state index in [0.29, 0.717) is 17.2 Å². The quantitative estimate of drug-likeness (QED) is 0.705. The molecule has 2 aliphatic heterocycles. The minimum absolute atomic E-state index is 0.0580. The molecule has 0 bridgehead atoms. The molecular formula is C24H34N4O4. The van der Waals surface area contributed by atoms with Gasteiger partial charge in [0.2, 0.25) is 11.7 Å². The number of H-pyrrole nitrogens is 1. The smallest absolute Gasteiger partial charge is 0.252 e. The van der Waals surface area contributed by atoms with Crippen LogP contribution in [0.25, 0.3) is 0 Å². The minimum atomic E-state index is -0.0580. The summed E-state index contributed by atoms with van der Waals surface area (Å²) in [4.78, 5) is 24.9. The Hall–Kier alpha value is -2.74. The van der Waals surface area contributed by atoms with Gasteiger partial charge in [-0.2, -0.15) is 0 Å². The monoisotopic (exact) mass is 442 g/mol. The zero-order valence-electron chi connectivity index (χ0n) is 19.4. The third-order valence-electron chi connectivity index (χ3n) is 6.46. The molecule has 2 fully saturated rings. The summed E-state index contributed by atoms with van der Waals surface area (Å²) in [6.45, 7) is 4.58. The first-order chi connectivity index (χ1) is 15.6. The van der Waals surface area contributed by atoms with Crippen molar-refractivity contribution >= 4 is 5.95 Å². The number of nitrogens with one attached hydrogen (secondary N) is 1. The summed E-state index contributed by atoms with van der Waals surface area (Å²) in [5, 5.41) is 0. The number of nitrogens with zero attached hydrogens (tertiary/aromatic N) is 3. The number of rotatable bonds is 7. The molecule has 8 heteroatoms. The predicted molar refractivity (Wildman–Crippen MR) is 124 cm³/mol. The molecule has 1 N–H and O–H groups in total. The van der Waals surface area contributed by atoms with Gasteiger partial charge in [0.1, 0.15) is 0 Å². The minimum Gasteiger partial charge on any atom is -0.493 e. The van der Waals surface area contributed by atoms with E-state index in [0.717, 1.165) is 75.6 Å². The number of benzene rings is 1. The number of aromatic nitrogens is 2. The van der Waals surface area contributed by atoms with E-state index < -0.39 is 0 Å². The van der Waals surface area contributed by atoms with Gasteiger partial charge in [-0.1, -0.05) is 0 Å². The largest absolute Gasteiger partial charge is 0.493 e. The second-order valence-corrected chi connectivity index (χ2v) is 8.65. The summed E-state index contributed by atoms with van der Waals surface area (Å²) in [5.74, 6) is 2.91. The Morgan fingerprint density at radius 2 is 1.69 bits per heavy atom. The Labute approximate surface area is 189 Å². The average molecular weight is 443 g/mol. The number of hydrogen-bond donors (Lipinski definition) is 1. The summed E-state index contributed by atoms with van der Waals surface area (Å²) < 4.78 is 16.5. The average Bonchev–Trinajstić information content (AvgIpc) is 2.83. The van der Waals surface area contributed by atoms with E-state index in [9.17, 15) is 4.79 Å². The maximum atomic E-state index is 12.4. The molecule has 0 amide bonds. The maximum Gasteiger partial charge on any atom is 0.252 e. The number of hydrogen-bond acceptors (Lipinski definition) is 7. The lowest BCUT2D eigenvalue weighted by Gasteiger charge is -2.33. The molecule has 2 saturated heterocycles. The van der Waals surface area contributed by atoms with E-state index in [2.05, 4.69) is 14.8 Å². The van der Waals surface area contributed by atoms with Crippen molar-refractivity contribution in [2.45, 2.75) is 44.6 Å². The van der Waals surface area contributed by atoms with Crippen molar-refractivity contribution < 1.29 is 14.2 Å². The fraction of sp³-hybridized carbons (Fsp3) is 0.583. The highest BCUT2D eigenvalue weighted by Crippen LogP contribution is 2.39. The molecule has 0 saturated carbocycles. The summed E-state index contributed by atoms with van der Waals surface area (Å²) in [5.41, 5.74) is 1.95. The van der Waals surface area contributed by atoms with Crippen molar-refractivity contribution in [3.63, 3.8) is 0 Å². The first kappa shape index (κ1) is 22.5. The Morgan fingerprint density at radius 3 is 2.34 bits per heavy atom. The number of likely N-dealkylation sites (tertiary alicyclic amines) is 1. The van der Waals surface area contributed by atoms with Crippen molar-refractivity contribution in [2.75, 3.05) is 52.4 Å². The first-order valence-electron chi connectivity index (χ1n) is 11.5. The SMILES string of the molecule is COc1cc(CN2CCC[C@H](c3cc(=O)[nH]c(N4CCCCC4)n3)C2)cc(OC)c1OC. The van der Waals surface area contributed by atoms with Gasteiger partial charge >= 0.3 is 0 Å². The van der Waals surface area contributed by atoms with Crippen molar-refractivity contribution in [3.05, 3.63) is 39.8 Å². The van der Waals surface area contributed by atoms with Gasteiger partial charge in [0, 0.05) is 38.2 Å². The molecule has 3 heterocycles. The van der Waals surface area contributed by atoms with Crippen molar-refractivity contribution in [3.8, 4) is 17.2 Å². The van der Waals surface area contributed by atoms with Crippen LogP contribution >= 0.6 is 0 Å². The Morgan fingerprint density at radius 1 is 0.969 bits per heavy atom. The topological polar surface area (TPSA) is 79.9 Å². The highest BCUT2D eigenvalue weighted by Gasteiger charge is 2.25. The normalized spacial score (nSPS) is 19.6. The van der Waals surface area contributed by atoms with Crippen LogP contribution in [0.3, 0.4) is 0 Å². The van der Waals surface area contributed by atoms with Gasteiger partial charge in [0.15, 0.2) is 11.5 Å². The van der Waals surface area contributed by atoms with E-state index >= 15 is 0 Å². The molecule has 32 heavy (non-hydrogen) atoms.